The summed E-state index contributed by atoms with van der Waals surface area (Å²) in [6.45, 7) is 2.14. The SMILES string of the molecule is CCCc1c(NC)ncnc1-c1cc(OC)ccc1OC. The van der Waals surface area contributed by atoms with Crippen LogP contribution in [0.5, 0.6) is 11.5 Å². The second-order valence-electron chi connectivity index (χ2n) is 4.62. The molecule has 0 fully saturated rings. The van der Waals surface area contributed by atoms with Crippen LogP contribution in [0, 0.1) is 0 Å². The topological polar surface area (TPSA) is 56.3 Å². The van der Waals surface area contributed by atoms with Crippen LogP contribution in [0.4, 0.5) is 5.82 Å². The molecule has 0 saturated carbocycles. The second-order valence-corrected chi connectivity index (χ2v) is 4.62. The van der Waals surface area contributed by atoms with Crippen molar-refractivity contribution in [3.8, 4) is 22.8 Å². The fourth-order valence-electron chi connectivity index (χ4n) is 2.35. The fourth-order valence-corrected chi connectivity index (χ4v) is 2.35. The van der Waals surface area contributed by atoms with E-state index in [-0.39, 0.29) is 0 Å². The Morgan fingerprint density at radius 1 is 1.14 bits per heavy atom. The Hall–Kier alpha value is -2.30. The van der Waals surface area contributed by atoms with Gasteiger partial charge in [-0.05, 0) is 24.6 Å². The first-order valence-electron chi connectivity index (χ1n) is 6.99. The molecule has 1 N–H and O–H groups in total. The van der Waals surface area contributed by atoms with Gasteiger partial charge in [-0.25, -0.2) is 9.97 Å². The van der Waals surface area contributed by atoms with Gasteiger partial charge in [0.2, 0.25) is 0 Å². The summed E-state index contributed by atoms with van der Waals surface area (Å²) in [6.07, 6.45) is 3.48. The molecule has 0 bridgehead atoms. The van der Waals surface area contributed by atoms with Crippen LogP contribution < -0.4 is 14.8 Å². The highest BCUT2D eigenvalue weighted by atomic mass is 16.5. The van der Waals surface area contributed by atoms with Crippen molar-refractivity contribution in [2.45, 2.75) is 19.8 Å². The smallest absolute Gasteiger partial charge is 0.132 e. The van der Waals surface area contributed by atoms with Crippen molar-refractivity contribution in [1.29, 1.82) is 0 Å². The van der Waals surface area contributed by atoms with E-state index in [4.69, 9.17) is 9.47 Å². The first-order valence-corrected chi connectivity index (χ1v) is 6.99. The molecule has 0 atom stereocenters. The van der Waals surface area contributed by atoms with Crippen LogP contribution >= 0.6 is 0 Å². The van der Waals surface area contributed by atoms with E-state index in [2.05, 4.69) is 22.2 Å². The average molecular weight is 287 g/mol. The zero-order valence-electron chi connectivity index (χ0n) is 12.9. The molecule has 0 aliphatic heterocycles. The fraction of sp³-hybridized carbons (Fsp3) is 0.375. The average Bonchev–Trinajstić information content (AvgIpc) is 2.54. The van der Waals surface area contributed by atoms with Crippen LogP contribution in [-0.4, -0.2) is 31.2 Å². The predicted molar refractivity (Wildman–Crippen MR) is 84.1 cm³/mol. The molecule has 2 rings (SSSR count). The van der Waals surface area contributed by atoms with Gasteiger partial charge in [0, 0.05) is 18.2 Å². The second kappa shape index (κ2) is 6.92. The minimum Gasteiger partial charge on any atom is -0.497 e. The molecule has 0 radical (unpaired) electrons. The molecule has 0 unspecified atom stereocenters. The van der Waals surface area contributed by atoms with Gasteiger partial charge in [0.1, 0.15) is 23.6 Å². The van der Waals surface area contributed by atoms with Gasteiger partial charge >= 0.3 is 0 Å². The first-order chi connectivity index (χ1) is 10.2. The Labute approximate surface area is 125 Å². The van der Waals surface area contributed by atoms with Gasteiger partial charge in [-0.1, -0.05) is 13.3 Å². The van der Waals surface area contributed by atoms with Gasteiger partial charge in [0.15, 0.2) is 0 Å². The number of anilines is 1. The summed E-state index contributed by atoms with van der Waals surface area (Å²) >= 11 is 0. The third-order valence-electron chi connectivity index (χ3n) is 3.34. The van der Waals surface area contributed by atoms with Crippen LogP contribution in [0.25, 0.3) is 11.3 Å². The number of methoxy groups -OCH3 is 2. The number of rotatable bonds is 6. The van der Waals surface area contributed by atoms with Gasteiger partial charge in [-0.2, -0.15) is 0 Å². The molecule has 5 heteroatoms. The maximum Gasteiger partial charge on any atom is 0.132 e. The molecule has 0 amide bonds. The van der Waals surface area contributed by atoms with Crippen LogP contribution in [-0.2, 0) is 6.42 Å². The minimum absolute atomic E-state index is 0.772. The number of hydrogen-bond donors (Lipinski definition) is 1. The number of aromatic nitrogens is 2. The van der Waals surface area contributed by atoms with E-state index < -0.39 is 0 Å². The van der Waals surface area contributed by atoms with Gasteiger partial charge in [-0.3, -0.25) is 0 Å². The molecule has 5 nitrogen and oxygen atoms in total. The molecule has 112 valence electrons. The van der Waals surface area contributed by atoms with Crippen molar-refractivity contribution < 1.29 is 9.47 Å². The summed E-state index contributed by atoms with van der Waals surface area (Å²) in [7, 11) is 5.18. The Morgan fingerprint density at radius 2 is 1.95 bits per heavy atom. The third-order valence-corrected chi connectivity index (χ3v) is 3.34. The van der Waals surface area contributed by atoms with E-state index in [0.717, 1.165) is 47.0 Å². The normalized spacial score (nSPS) is 10.3. The Morgan fingerprint density at radius 3 is 2.57 bits per heavy atom. The van der Waals surface area contributed by atoms with Crippen LogP contribution in [0.1, 0.15) is 18.9 Å². The molecule has 0 aliphatic rings. The highest BCUT2D eigenvalue weighted by molar-refractivity contribution is 5.74. The van der Waals surface area contributed by atoms with Gasteiger partial charge < -0.3 is 14.8 Å². The Kier molecular flexibility index (Phi) is 4.98. The molecule has 0 aliphatic carbocycles. The summed E-state index contributed by atoms with van der Waals surface area (Å²) in [5.41, 5.74) is 2.89. The van der Waals surface area contributed by atoms with Crippen molar-refractivity contribution in [3.63, 3.8) is 0 Å². The van der Waals surface area contributed by atoms with E-state index in [9.17, 15) is 0 Å². The van der Waals surface area contributed by atoms with Gasteiger partial charge in [0.05, 0.1) is 19.9 Å². The van der Waals surface area contributed by atoms with E-state index in [1.54, 1.807) is 20.5 Å². The van der Waals surface area contributed by atoms with E-state index in [1.165, 1.54) is 0 Å². The third kappa shape index (κ3) is 3.07. The number of nitrogens with one attached hydrogen (secondary N) is 1. The molecule has 21 heavy (non-hydrogen) atoms. The number of benzene rings is 1. The van der Waals surface area contributed by atoms with Crippen molar-refractivity contribution in [3.05, 3.63) is 30.1 Å². The summed E-state index contributed by atoms with van der Waals surface area (Å²) in [4.78, 5) is 8.78. The number of nitrogens with zero attached hydrogens (tertiary/aromatic N) is 2. The summed E-state index contributed by atoms with van der Waals surface area (Å²) in [5, 5.41) is 3.13. The predicted octanol–water partition coefficient (Wildman–Crippen LogP) is 3.16. The van der Waals surface area contributed by atoms with Gasteiger partial charge in [-0.15, -0.1) is 0 Å². The van der Waals surface area contributed by atoms with Crippen molar-refractivity contribution in [1.82, 2.24) is 9.97 Å². The lowest BCUT2D eigenvalue weighted by atomic mass is 10.0. The molecule has 1 aromatic heterocycles. The van der Waals surface area contributed by atoms with E-state index in [0.29, 0.717) is 0 Å². The molecule has 1 heterocycles. The van der Waals surface area contributed by atoms with E-state index in [1.807, 2.05) is 25.2 Å². The standard InChI is InChI=1S/C16H21N3O2/c1-5-6-12-15(18-10-19-16(12)17-2)13-9-11(20-3)7-8-14(13)21-4/h7-10H,5-6H2,1-4H3,(H,17,18,19). The molecule has 2 aromatic rings. The zero-order chi connectivity index (χ0) is 15.2. The van der Waals surface area contributed by atoms with Crippen LogP contribution in [0.2, 0.25) is 0 Å². The number of ether oxygens (including phenoxy) is 2. The molecular formula is C16H21N3O2. The van der Waals surface area contributed by atoms with E-state index >= 15 is 0 Å². The monoisotopic (exact) mass is 287 g/mol. The lowest BCUT2D eigenvalue weighted by molar-refractivity contribution is 0.404. The first kappa shape index (κ1) is 15.1. The maximum absolute atomic E-state index is 5.47. The van der Waals surface area contributed by atoms with Gasteiger partial charge in [0.25, 0.3) is 0 Å². The quantitative estimate of drug-likeness (QED) is 0.884. The number of hydrogen-bond acceptors (Lipinski definition) is 5. The molecular weight excluding hydrogens is 266 g/mol. The minimum atomic E-state index is 0.772. The van der Waals surface area contributed by atoms with Crippen LogP contribution in [0.15, 0.2) is 24.5 Å². The summed E-state index contributed by atoms with van der Waals surface area (Å²) in [5.74, 6) is 2.40. The van der Waals surface area contributed by atoms with Crippen molar-refractivity contribution >= 4 is 5.82 Å². The highest BCUT2D eigenvalue weighted by Crippen LogP contribution is 2.36. The zero-order valence-corrected chi connectivity index (χ0v) is 12.9. The summed E-state index contributed by atoms with van der Waals surface area (Å²) < 4.78 is 10.8. The molecule has 0 saturated heterocycles. The Balaban J connectivity index is 2.65. The Bertz CT molecular complexity index is 614. The molecule has 0 spiro atoms. The maximum atomic E-state index is 5.47. The van der Waals surface area contributed by atoms with Crippen molar-refractivity contribution in [2.24, 2.45) is 0 Å². The highest BCUT2D eigenvalue weighted by Gasteiger charge is 2.16. The lowest BCUT2D eigenvalue weighted by Crippen LogP contribution is -2.04. The molecule has 1 aromatic carbocycles. The summed E-state index contributed by atoms with van der Waals surface area (Å²) in [6, 6.07) is 5.72. The van der Waals surface area contributed by atoms with Crippen molar-refractivity contribution in [2.75, 3.05) is 26.6 Å². The largest absolute Gasteiger partial charge is 0.497 e. The lowest BCUT2D eigenvalue weighted by Gasteiger charge is -2.15. The van der Waals surface area contributed by atoms with Crippen LogP contribution in [0.3, 0.4) is 0 Å².